The van der Waals surface area contributed by atoms with Crippen molar-refractivity contribution in [3.05, 3.63) is 105 Å². The second-order valence-electron chi connectivity index (χ2n) is 8.69. The third-order valence-corrected chi connectivity index (χ3v) is 7.21. The van der Waals surface area contributed by atoms with Crippen LogP contribution in [0.2, 0.25) is 0 Å². The summed E-state index contributed by atoms with van der Waals surface area (Å²) in [6.07, 6.45) is 6.10. The van der Waals surface area contributed by atoms with E-state index in [2.05, 4.69) is 29.8 Å². The van der Waals surface area contributed by atoms with Gasteiger partial charge in [0.05, 0.1) is 20.4 Å². The molecular weight excluding hydrogens is 502 g/mol. The molecule has 0 unspecified atom stereocenters. The molecule has 0 radical (unpaired) electrons. The highest BCUT2D eigenvalue weighted by molar-refractivity contribution is 7.19. The number of aryl methyl sites for hydroxylation is 1. The van der Waals surface area contributed by atoms with Gasteiger partial charge in [-0.3, -0.25) is 20.2 Å². The number of nitrogens with zero attached hydrogens (tertiary/aromatic N) is 5. The predicted octanol–water partition coefficient (Wildman–Crippen LogP) is 7.80. The molecule has 2 heterocycles. The van der Waals surface area contributed by atoms with Gasteiger partial charge in [-0.15, -0.1) is 0 Å². The van der Waals surface area contributed by atoms with Gasteiger partial charge >= 0.3 is 0 Å². The second-order valence-corrected chi connectivity index (χ2v) is 9.67. The first-order valence-corrected chi connectivity index (χ1v) is 12.9. The van der Waals surface area contributed by atoms with Crippen molar-refractivity contribution >= 4 is 45.0 Å². The van der Waals surface area contributed by atoms with Crippen molar-refractivity contribution in [3.8, 4) is 21.7 Å². The summed E-state index contributed by atoms with van der Waals surface area (Å²) >= 11 is 1.36. The Labute approximate surface area is 222 Å². The molecule has 0 amide bonds. The number of aliphatic imine (C=N–C) groups is 1. The predicted molar refractivity (Wildman–Crippen MR) is 150 cm³/mol. The first-order valence-electron chi connectivity index (χ1n) is 12.1. The van der Waals surface area contributed by atoms with Crippen LogP contribution in [0.25, 0.3) is 32.6 Å². The van der Waals surface area contributed by atoms with Crippen LogP contribution in [-0.2, 0) is 6.54 Å². The van der Waals surface area contributed by atoms with Gasteiger partial charge in [0.1, 0.15) is 0 Å². The Hall–Kier alpha value is -4.70. The Morgan fingerprint density at radius 2 is 1.55 bits per heavy atom. The van der Waals surface area contributed by atoms with E-state index in [9.17, 15) is 20.2 Å². The minimum absolute atomic E-state index is 0.00661. The molecule has 0 aliphatic rings. The van der Waals surface area contributed by atoms with E-state index in [1.54, 1.807) is 24.3 Å². The van der Waals surface area contributed by atoms with Gasteiger partial charge in [0.15, 0.2) is 0 Å². The normalized spacial score (nSPS) is 11.4. The molecular formula is C28H23N5O4S. The molecule has 9 nitrogen and oxygen atoms in total. The zero-order chi connectivity index (χ0) is 26.6. The molecule has 0 aliphatic carbocycles. The number of aromatic nitrogens is 2. The summed E-state index contributed by atoms with van der Waals surface area (Å²) in [5, 5.41) is 23.9. The molecule has 2 aromatic heterocycles. The zero-order valence-electron chi connectivity index (χ0n) is 20.5. The van der Waals surface area contributed by atoms with Crippen molar-refractivity contribution in [2.75, 3.05) is 0 Å². The molecule has 38 heavy (non-hydrogen) atoms. The van der Waals surface area contributed by atoms with Gasteiger partial charge in [-0.2, -0.15) is 0 Å². The van der Waals surface area contributed by atoms with Crippen molar-refractivity contribution in [2.45, 2.75) is 26.3 Å². The summed E-state index contributed by atoms with van der Waals surface area (Å²) in [5.41, 5.74) is 4.17. The fraction of sp³-hybridized carbons (Fsp3) is 0.143. The summed E-state index contributed by atoms with van der Waals surface area (Å²) in [6, 6.07) is 20.6. The Morgan fingerprint density at radius 3 is 2.18 bits per heavy atom. The average Bonchev–Trinajstić information content (AvgIpc) is 3.52. The maximum Gasteiger partial charge on any atom is 0.269 e. The van der Waals surface area contributed by atoms with Gasteiger partial charge in [-0.05, 0) is 42.3 Å². The summed E-state index contributed by atoms with van der Waals surface area (Å²) < 4.78 is 2.24. The molecule has 190 valence electrons. The van der Waals surface area contributed by atoms with E-state index < -0.39 is 9.85 Å². The van der Waals surface area contributed by atoms with Crippen molar-refractivity contribution < 1.29 is 9.85 Å². The molecule has 0 atom stereocenters. The Kier molecular flexibility index (Phi) is 7.05. The van der Waals surface area contributed by atoms with Crippen LogP contribution >= 0.6 is 11.3 Å². The SMILES string of the molecule is CCCCn1cc(/C=N/c2nc(-c3ccc([N+](=O)[O-])cc3)c(-c3ccc([N+](=O)[O-])cc3)s2)c2ccccc21. The molecule has 0 saturated heterocycles. The topological polar surface area (TPSA) is 116 Å². The van der Waals surface area contributed by atoms with Gasteiger partial charge in [0.2, 0.25) is 5.13 Å². The van der Waals surface area contributed by atoms with Crippen LogP contribution in [0.5, 0.6) is 0 Å². The lowest BCUT2D eigenvalue weighted by Gasteiger charge is -2.03. The summed E-state index contributed by atoms with van der Waals surface area (Å²) in [4.78, 5) is 31.6. The van der Waals surface area contributed by atoms with Gasteiger partial charge in [-0.25, -0.2) is 9.98 Å². The third-order valence-electron chi connectivity index (χ3n) is 6.19. The molecule has 0 spiro atoms. The highest BCUT2D eigenvalue weighted by Crippen LogP contribution is 2.41. The molecule has 5 aromatic rings. The number of hydrogen-bond acceptors (Lipinski definition) is 7. The number of benzene rings is 3. The van der Waals surface area contributed by atoms with E-state index in [0.29, 0.717) is 16.4 Å². The molecule has 5 rings (SSSR count). The maximum absolute atomic E-state index is 11.1. The minimum atomic E-state index is -0.450. The number of thiazole rings is 1. The maximum atomic E-state index is 11.1. The number of nitro groups is 2. The lowest BCUT2D eigenvalue weighted by molar-refractivity contribution is -0.385. The van der Waals surface area contributed by atoms with E-state index in [1.165, 1.54) is 35.6 Å². The summed E-state index contributed by atoms with van der Waals surface area (Å²) in [6.45, 7) is 3.10. The Balaban J connectivity index is 1.56. The lowest BCUT2D eigenvalue weighted by Crippen LogP contribution is -1.94. The van der Waals surface area contributed by atoms with Gasteiger partial charge in [-0.1, -0.05) is 42.9 Å². The third kappa shape index (κ3) is 5.07. The van der Waals surface area contributed by atoms with Crippen molar-refractivity contribution in [3.63, 3.8) is 0 Å². The molecule has 0 fully saturated rings. The Bertz CT molecular complexity index is 1580. The quantitative estimate of drug-likeness (QED) is 0.111. The lowest BCUT2D eigenvalue weighted by atomic mass is 10.1. The van der Waals surface area contributed by atoms with Crippen LogP contribution in [0.15, 0.2) is 84.0 Å². The summed E-state index contributed by atoms with van der Waals surface area (Å²) in [7, 11) is 0. The van der Waals surface area contributed by atoms with E-state index >= 15 is 0 Å². The van der Waals surface area contributed by atoms with Crippen LogP contribution in [0.1, 0.15) is 25.3 Å². The molecule has 0 bridgehead atoms. The fourth-order valence-corrected chi connectivity index (χ4v) is 5.19. The molecule has 0 N–H and O–H groups in total. The smallest absolute Gasteiger partial charge is 0.269 e. The monoisotopic (exact) mass is 525 g/mol. The first kappa shape index (κ1) is 25.0. The molecule has 0 saturated carbocycles. The largest absolute Gasteiger partial charge is 0.347 e. The zero-order valence-corrected chi connectivity index (χ0v) is 21.3. The number of hydrogen-bond donors (Lipinski definition) is 0. The Morgan fingerprint density at radius 1 is 0.921 bits per heavy atom. The van der Waals surface area contributed by atoms with E-state index in [0.717, 1.165) is 46.3 Å². The number of rotatable bonds is 9. The van der Waals surface area contributed by atoms with Gasteiger partial charge in [0.25, 0.3) is 11.4 Å². The first-order chi connectivity index (χ1) is 18.4. The summed E-state index contributed by atoms with van der Waals surface area (Å²) in [5.74, 6) is 0. The van der Waals surface area contributed by atoms with Crippen LogP contribution in [-0.4, -0.2) is 25.6 Å². The van der Waals surface area contributed by atoms with Crippen molar-refractivity contribution in [1.82, 2.24) is 9.55 Å². The van der Waals surface area contributed by atoms with Gasteiger partial charge in [0, 0.05) is 65.3 Å². The number of nitro benzene ring substituents is 2. The number of unbranched alkanes of at least 4 members (excludes halogenated alkanes) is 1. The van der Waals surface area contributed by atoms with E-state index in [-0.39, 0.29) is 11.4 Å². The minimum Gasteiger partial charge on any atom is -0.347 e. The van der Waals surface area contributed by atoms with E-state index in [4.69, 9.17) is 9.98 Å². The fourth-order valence-electron chi connectivity index (χ4n) is 4.25. The number of para-hydroxylation sites is 1. The van der Waals surface area contributed by atoms with E-state index in [1.807, 2.05) is 18.3 Å². The standard InChI is InChI=1S/C28H23N5O4S/c1-2-3-16-31-18-21(24-6-4-5-7-25(24)31)17-29-28-30-26(19-8-12-22(13-9-19)32(34)35)27(38-28)20-10-14-23(15-11-20)33(36)37/h4-15,17-18H,2-3,16H2,1H3/b29-17+. The highest BCUT2D eigenvalue weighted by Gasteiger charge is 2.17. The van der Waals surface area contributed by atoms with Crippen LogP contribution in [0.3, 0.4) is 0 Å². The molecule has 0 aliphatic heterocycles. The van der Waals surface area contributed by atoms with Gasteiger partial charge < -0.3 is 4.57 Å². The second kappa shape index (κ2) is 10.7. The van der Waals surface area contributed by atoms with Crippen LogP contribution in [0, 0.1) is 20.2 Å². The average molecular weight is 526 g/mol. The number of non-ortho nitro benzene ring substituents is 2. The van der Waals surface area contributed by atoms with Crippen LogP contribution < -0.4 is 0 Å². The highest BCUT2D eigenvalue weighted by atomic mass is 32.1. The number of fused-ring (bicyclic) bond motifs is 1. The van der Waals surface area contributed by atoms with Crippen molar-refractivity contribution in [2.24, 2.45) is 4.99 Å². The van der Waals surface area contributed by atoms with Crippen molar-refractivity contribution in [1.29, 1.82) is 0 Å². The molecule has 10 heteroatoms. The van der Waals surface area contributed by atoms with Crippen LogP contribution in [0.4, 0.5) is 16.5 Å². The molecule has 3 aromatic carbocycles.